The van der Waals surface area contributed by atoms with Crippen LogP contribution in [0.3, 0.4) is 0 Å². The Bertz CT molecular complexity index is 459. The number of rotatable bonds is 3. The van der Waals surface area contributed by atoms with E-state index in [9.17, 15) is 4.79 Å². The molecule has 1 aliphatic heterocycles. The second-order valence-corrected chi connectivity index (χ2v) is 5.16. The number of anilines is 1. The summed E-state index contributed by atoms with van der Waals surface area (Å²) in [6.07, 6.45) is 2.31. The maximum Gasteiger partial charge on any atom is 0.251 e. The molecular weight excluding hydrogens is 240 g/mol. The van der Waals surface area contributed by atoms with Gasteiger partial charge in [-0.25, -0.2) is 0 Å². The van der Waals surface area contributed by atoms with E-state index in [4.69, 9.17) is 4.74 Å². The van der Waals surface area contributed by atoms with Gasteiger partial charge in [-0.3, -0.25) is 4.79 Å². The van der Waals surface area contributed by atoms with Crippen molar-refractivity contribution in [1.29, 1.82) is 0 Å². The number of carbonyl (C=O) groups excluding carboxylic acids is 1. The minimum Gasteiger partial charge on any atom is -0.382 e. The van der Waals surface area contributed by atoms with Crippen molar-refractivity contribution in [2.24, 2.45) is 0 Å². The average Bonchev–Trinajstić information content (AvgIpc) is 2.40. The molecule has 4 nitrogen and oxygen atoms in total. The molecule has 104 valence electrons. The summed E-state index contributed by atoms with van der Waals surface area (Å²) in [5.74, 6) is -0.0524. The zero-order valence-electron chi connectivity index (χ0n) is 11.8. The molecule has 0 bridgehead atoms. The van der Waals surface area contributed by atoms with E-state index < -0.39 is 0 Å². The third kappa shape index (κ3) is 3.47. The highest BCUT2D eigenvalue weighted by Gasteiger charge is 2.19. The van der Waals surface area contributed by atoms with Crippen molar-refractivity contribution in [3.63, 3.8) is 0 Å². The van der Waals surface area contributed by atoms with Crippen LogP contribution >= 0.6 is 0 Å². The Balaban J connectivity index is 2.12. The lowest BCUT2D eigenvalue weighted by Gasteiger charge is -2.29. The number of carbonyl (C=O) groups is 1. The number of amides is 1. The van der Waals surface area contributed by atoms with Crippen LogP contribution in [-0.2, 0) is 4.74 Å². The standard InChI is InChI=1S/C15H22N2O2/c1-10-4-5-12(15(18)16-3)9-14(10)17-13-6-7-19-11(2)8-13/h4-5,9,11,13,17H,6-8H2,1-3H3,(H,16,18). The molecule has 2 rings (SSSR count). The first-order valence-electron chi connectivity index (χ1n) is 6.81. The Hall–Kier alpha value is -1.55. The van der Waals surface area contributed by atoms with Crippen LogP contribution in [0.25, 0.3) is 0 Å². The predicted octanol–water partition coefficient (Wildman–Crippen LogP) is 2.33. The van der Waals surface area contributed by atoms with Gasteiger partial charge in [0.05, 0.1) is 6.10 Å². The number of hydrogen-bond donors (Lipinski definition) is 2. The summed E-state index contributed by atoms with van der Waals surface area (Å²) < 4.78 is 5.55. The summed E-state index contributed by atoms with van der Waals surface area (Å²) in [4.78, 5) is 11.7. The van der Waals surface area contributed by atoms with Crippen LogP contribution in [0.4, 0.5) is 5.69 Å². The van der Waals surface area contributed by atoms with Gasteiger partial charge in [0.15, 0.2) is 0 Å². The molecule has 4 heteroatoms. The van der Waals surface area contributed by atoms with Crippen LogP contribution in [0.1, 0.15) is 35.7 Å². The van der Waals surface area contributed by atoms with E-state index in [-0.39, 0.29) is 5.91 Å². The first kappa shape index (κ1) is 13.9. The third-order valence-electron chi connectivity index (χ3n) is 3.57. The van der Waals surface area contributed by atoms with Gasteiger partial charge in [0.2, 0.25) is 0 Å². The van der Waals surface area contributed by atoms with Crippen molar-refractivity contribution < 1.29 is 9.53 Å². The van der Waals surface area contributed by atoms with Crippen molar-refractivity contribution in [3.8, 4) is 0 Å². The summed E-state index contributed by atoms with van der Waals surface area (Å²) in [6.45, 7) is 4.95. The highest BCUT2D eigenvalue weighted by atomic mass is 16.5. The van der Waals surface area contributed by atoms with Gasteiger partial charge in [-0.1, -0.05) is 6.07 Å². The summed E-state index contributed by atoms with van der Waals surface area (Å²) >= 11 is 0. The molecule has 1 aromatic rings. The molecule has 2 atom stereocenters. The number of nitrogens with one attached hydrogen (secondary N) is 2. The normalized spacial score (nSPS) is 22.9. The van der Waals surface area contributed by atoms with Crippen molar-refractivity contribution in [1.82, 2.24) is 5.32 Å². The van der Waals surface area contributed by atoms with Gasteiger partial charge >= 0.3 is 0 Å². The lowest BCUT2D eigenvalue weighted by atomic mass is 10.0. The van der Waals surface area contributed by atoms with E-state index in [0.717, 1.165) is 30.7 Å². The maximum atomic E-state index is 11.7. The van der Waals surface area contributed by atoms with Crippen LogP contribution < -0.4 is 10.6 Å². The quantitative estimate of drug-likeness (QED) is 0.879. The largest absolute Gasteiger partial charge is 0.382 e. The van der Waals surface area contributed by atoms with Crippen LogP contribution in [-0.4, -0.2) is 31.7 Å². The molecule has 0 spiro atoms. The summed E-state index contributed by atoms with van der Waals surface area (Å²) in [5, 5.41) is 6.19. The zero-order valence-corrected chi connectivity index (χ0v) is 11.8. The Labute approximate surface area is 114 Å². The van der Waals surface area contributed by atoms with Gasteiger partial charge in [0.1, 0.15) is 0 Å². The van der Waals surface area contributed by atoms with Gasteiger partial charge in [-0.05, 0) is 44.4 Å². The predicted molar refractivity (Wildman–Crippen MR) is 76.6 cm³/mol. The van der Waals surface area contributed by atoms with Crippen LogP contribution in [0.5, 0.6) is 0 Å². The zero-order chi connectivity index (χ0) is 13.8. The molecule has 1 heterocycles. The smallest absolute Gasteiger partial charge is 0.251 e. The molecule has 0 aliphatic carbocycles. The fraction of sp³-hybridized carbons (Fsp3) is 0.533. The molecule has 19 heavy (non-hydrogen) atoms. The Kier molecular flexibility index (Phi) is 4.43. The highest BCUT2D eigenvalue weighted by molar-refractivity contribution is 5.95. The number of hydrogen-bond acceptors (Lipinski definition) is 3. The average molecular weight is 262 g/mol. The molecule has 1 aliphatic rings. The van der Waals surface area contributed by atoms with E-state index in [1.165, 1.54) is 0 Å². The van der Waals surface area contributed by atoms with Crippen molar-refractivity contribution in [2.75, 3.05) is 19.0 Å². The third-order valence-corrected chi connectivity index (χ3v) is 3.57. The van der Waals surface area contributed by atoms with Crippen LogP contribution in [0.2, 0.25) is 0 Å². The monoisotopic (exact) mass is 262 g/mol. The van der Waals surface area contributed by atoms with Crippen molar-refractivity contribution >= 4 is 11.6 Å². The molecular formula is C15H22N2O2. The number of benzene rings is 1. The fourth-order valence-electron chi connectivity index (χ4n) is 2.41. The Morgan fingerprint density at radius 1 is 1.42 bits per heavy atom. The summed E-state index contributed by atoms with van der Waals surface area (Å²) in [6, 6.07) is 6.18. The van der Waals surface area contributed by atoms with Gasteiger partial charge in [0, 0.05) is 30.9 Å². The Morgan fingerprint density at radius 3 is 2.89 bits per heavy atom. The minimum absolute atomic E-state index is 0.0524. The Morgan fingerprint density at radius 2 is 2.21 bits per heavy atom. The van der Waals surface area contributed by atoms with Gasteiger partial charge in [0.25, 0.3) is 5.91 Å². The fourth-order valence-corrected chi connectivity index (χ4v) is 2.41. The molecule has 0 aromatic heterocycles. The van der Waals surface area contributed by atoms with E-state index in [1.54, 1.807) is 7.05 Å². The van der Waals surface area contributed by atoms with E-state index in [0.29, 0.717) is 17.7 Å². The summed E-state index contributed by atoms with van der Waals surface area (Å²) in [7, 11) is 1.65. The van der Waals surface area contributed by atoms with Gasteiger partial charge in [-0.15, -0.1) is 0 Å². The molecule has 0 radical (unpaired) electrons. The molecule has 1 amide bonds. The van der Waals surface area contributed by atoms with Gasteiger partial charge < -0.3 is 15.4 Å². The SMILES string of the molecule is CNC(=O)c1ccc(C)c(NC2CCOC(C)C2)c1. The first-order valence-corrected chi connectivity index (χ1v) is 6.81. The van der Waals surface area contributed by atoms with Crippen molar-refractivity contribution in [2.45, 2.75) is 38.8 Å². The lowest BCUT2D eigenvalue weighted by molar-refractivity contribution is 0.0232. The van der Waals surface area contributed by atoms with E-state index in [2.05, 4.69) is 24.5 Å². The second-order valence-electron chi connectivity index (χ2n) is 5.16. The van der Waals surface area contributed by atoms with Crippen molar-refractivity contribution in [3.05, 3.63) is 29.3 Å². The molecule has 2 unspecified atom stereocenters. The second kappa shape index (κ2) is 6.06. The number of aryl methyl sites for hydroxylation is 1. The molecule has 2 N–H and O–H groups in total. The minimum atomic E-state index is -0.0524. The van der Waals surface area contributed by atoms with E-state index >= 15 is 0 Å². The van der Waals surface area contributed by atoms with Gasteiger partial charge in [-0.2, -0.15) is 0 Å². The van der Waals surface area contributed by atoms with Crippen LogP contribution in [0, 0.1) is 6.92 Å². The van der Waals surface area contributed by atoms with Crippen LogP contribution in [0.15, 0.2) is 18.2 Å². The maximum absolute atomic E-state index is 11.7. The molecule has 1 saturated heterocycles. The topological polar surface area (TPSA) is 50.4 Å². The first-order chi connectivity index (χ1) is 9.10. The van der Waals surface area contributed by atoms with E-state index in [1.807, 2.05) is 18.2 Å². The highest BCUT2D eigenvalue weighted by Crippen LogP contribution is 2.22. The molecule has 1 fully saturated rings. The molecule has 0 saturated carbocycles. The lowest BCUT2D eigenvalue weighted by Crippen LogP contribution is -2.32. The summed E-state index contributed by atoms with van der Waals surface area (Å²) in [5.41, 5.74) is 2.89. The number of ether oxygens (including phenoxy) is 1. The molecule has 1 aromatic carbocycles.